The first-order chi connectivity index (χ1) is 8.91. The van der Waals surface area contributed by atoms with Gasteiger partial charge in [-0.15, -0.1) is 0 Å². The summed E-state index contributed by atoms with van der Waals surface area (Å²) in [4.78, 5) is 7.99. The van der Waals surface area contributed by atoms with Crippen LogP contribution >= 0.6 is 10.7 Å². The average Bonchev–Trinajstić information content (AvgIpc) is 2.73. The lowest BCUT2D eigenvalue weighted by Gasteiger charge is -2.03. The topological polar surface area (TPSA) is 77.7 Å². The molecule has 0 N–H and O–H groups in total. The Bertz CT molecular complexity index is 696. The molecule has 0 atom stereocenters. The van der Waals surface area contributed by atoms with Gasteiger partial charge in [0, 0.05) is 28.5 Å². The fourth-order valence-electron chi connectivity index (χ4n) is 1.68. The summed E-state index contributed by atoms with van der Waals surface area (Å²) in [5.74, 6) is 0.383. The van der Waals surface area contributed by atoms with Crippen molar-refractivity contribution in [3.63, 3.8) is 0 Å². The second kappa shape index (κ2) is 5.26. The van der Waals surface area contributed by atoms with E-state index in [9.17, 15) is 8.42 Å². The van der Waals surface area contributed by atoms with Crippen LogP contribution in [0.3, 0.4) is 0 Å². The van der Waals surface area contributed by atoms with Gasteiger partial charge in [0.05, 0.1) is 5.69 Å². The lowest BCUT2D eigenvalue weighted by atomic mass is 10.3. The Morgan fingerprint density at radius 1 is 1.32 bits per heavy atom. The maximum absolute atomic E-state index is 11.6. The van der Waals surface area contributed by atoms with Crippen LogP contribution in [0.5, 0.6) is 0 Å². The molecule has 0 fully saturated rings. The van der Waals surface area contributed by atoms with E-state index in [1.807, 2.05) is 6.92 Å². The molecule has 102 valence electrons. The van der Waals surface area contributed by atoms with Gasteiger partial charge in [0.25, 0.3) is 9.05 Å². The van der Waals surface area contributed by atoms with Crippen LogP contribution in [0.25, 0.3) is 5.82 Å². The van der Waals surface area contributed by atoms with E-state index in [0.717, 1.165) is 12.1 Å². The molecule has 6 nitrogen and oxygen atoms in total. The van der Waals surface area contributed by atoms with Crippen molar-refractivity contribution in [1.82, 2.24) is 19.7 Å². The third-order valence-corrected chi connectivity index (χ3v) is 3.75. The van der Waals surface area contributed by atoms with Crippen LogP contribution in [0.15, 0.2) is 23.5 Å². The summed E-state index contributed by atoms with van der Waals surface area (Å²) in [5, 5.41) is 4.17. The smallest absolute Gasteiger partial charge is 0.242 e. The van der Waals surface area contributed by atoms with Crippen molar-refractivity contribution in [2.45, 2.75) is 31.7 Å². The fraction of sp³-hybridized carbons (Fsp3) is 0.364. The molecule has 0 aliphatic heterocycles. The van der Waals surface area contributed by atoms with Crippen LogP contribution in [-0.2, 0) is 15.5 Å². The summed E-state index contributed by atoms with van der Waals surface area (Å²) in [7, 11) is 1.56. The van der Waals surface area contributed by atoms with Crippen molar-refractivity contribution in [1.29, 1.82) is 0 Å². The molecule has 0 saturated carbocycles. The quantitative estimate of drug-likeness (QED) is 0.805. The maximum atomic E-state index is 11.6. The van der Waals surface area contributed by atoms with Crippen LogP contribution in [0, 0.1) is 6.92 Å². The number of aryl methyl sites for hydroxylation is 2. The molecule has 2 aromatic heterocycles. The third-order valence-electron chi connectivity index (χ3n) is 2.49. The molecule has 2 rings (SSSR count). The molecule has 0 aliphatic rings. The Balaban J connectivity index is 2.61. The van der Waals surface area contributed by atoms with Gasteiger partial charge in [0.1, 0.15) is 6.33 Å². The second-order valence-electron chi connectivity index (χ2n) is 4.09. The summed E-state index contributed by atoms with van der Waals surface area (Å²) in [6.07, 6.45) is 2.90. The molecule has 0 spiro atoms. The van der Waals surface area contributed by atoms with Crippen LogP contribution in [-0.4, -0.2) is 28.2 Å². The van der Waals surface area contributed by atoms with E-state index >= 15 is 0 Å². The largest absolute Gasteiger partial charge is 0.278 e. The number of halogens is 1. The van der Waals surface area contributed by atoms with Crippen LogP contribution in [0.2, 0.25) is 0 Å². The zero-order chi connectivity index (χ0) is 14.0. The molecule has 2 aromatic rings. The van der Waals surface area contributed by atoms with Gasteiger partial charge < -0.3 is 0 Å². The predicted octanol–water partition coefficient (Wildman–Crippen LogP) is 1.85. The Morgan fingerprint density at radius 2 is 2.05 bits per heavy atom. The van der Waals surface area contributed by atoms with E-state index in [-0.39, 0.29) is 5.03 Å². The number of aromatic nitrogens is 4. The van der Waals surface area contributed by atoms with E-state index in [4.69, 9.17) is 10.7 Å². The molecule has 0 bridgehead atoms. The summed E-state index contributed by atoms with van der Waals surface area (Å²) < 4.78 is 24.4. The van der Waals surface area contributed by atoms with E-state index in [0.29, 0.717) is 17.9 Å². The Hall–Kier alpha value is -1.47. The van der Waals surface area contributed by atoms with Gasteiger partial charge in [-0.3, -0.25) is 0 Å². The minimum atomic E-state index is -3.88. The van der Waals surface area contributed by atoms with Gasteiger partial charge in [-0.25, -0.2) is 23.1 Å². The first-order valence-corrected chi connectivity index (χ1v) is 8.05. The highest BCUT2D eigenvalue weighted by atomic mass is 35.7. The van der Waals surface area contributed by atoms with Crippen molar-refractivity contribution in [2.75, 3.05) is 0 Å². The fourth-order valence-corrected chi connectivity index (χ4v) is 2.63. The standard InChI is InChI=1S/C11H13ClN4O2S/c1-3-4-9-6-11(19(12,17)18)16(15-9)10-5-8(2)13-7-14-10/h5-7H,3-4H2,1-2H3. The maximum Gasteiger partial charge on any atom is 0.278 e. The monoisotopic (exact) mass is 300 g/mol. The number of hydrogen-bond donors (Lipinski definition) is 0. The summed E-state index contributed by atoms with van der Waals surface area (Å²) in [6.45, 7) is 3.78. The molecular weight excluding hydrogens is 288 g/mol. The average molecular weight is 301 g/mol. The summed E-state index contributed by atoms with van der Waals surface area (Å²) >= 11 is 0. The molecule has 0 radical (unpaired) electrons. The Kier molecular flexibility index (Phi) is 3.86. The van der Waals surface area contributed by atoms with Crippen LogP contribution in [0.1, 0.15) is 24.7 Å². The van der Waals surface area contributed by atoms with Gasteiger partial charge in [-0.2, -0.15) is 5.10 Å². The van der Waals surface area contributed by atoms with Crippen molar-refractivity contribution in [3.05, 3.63) is 29.8 Å². The number of rotatable bonds is 4. The minimum Gasteiger partial charge on any atom is -0.242 e. The van der Waals surface area contributed by atoms with E-state index in [2.05, 4.69) is 15.1 Å². The van der Waals surface area contributed by atoms with Crippen molar-refractivity contribution in [3.8, 4) is 5.82 Å². The molecule has 19 heavy (non-hydrogen) atoms. The second-order valence-corrected chi connectivity index (χ2v) is 6.60. The lowest BCUT2D eigenvalue weighted by molar-refractivity contribution is 0.598. The normalized spacial score (nSPS) is 11.7. The summed E-state index contributed by atoms with van der Waals surface area (Å²) in [5.41, 5.74) is 1.38. The molecular formula is C11H13ClN4O2S. The van der Waals surface area contributed by atoms with Crippen molar-refractivity contribution >= 4 is 19.7 Å². The van der Waals surface area contributed by atoms with E-state index in [1.54, 1.807) is 13.0 Å². The van der Waals surface area contributed by atoms with Gasteiger partial charge in [-0.1, -0.05) is 13.3 Å². The number of hydrogen-bond acceptors (Lipinski definition) is 5. The number of nitrogens with zero attached hydrogens (tertiary/aromatic N) is 4. The van der Waals surface area contributed by atoms with Crippen LogP contribution in [0.4, 0.5) is 0 Å². The van der Waals surface area contributed by atoms with Gasteiger partial charge in [0.2, 0.25) is 0 Å². The first kappa shape index (κ1) is 14.0. The molecule has 0 saturated heterocycles. The molecule has 2 heterocycles. The Morgan fingerprint density at radius 3 is 2.63 bits per heavy atom. The van der Waals surface area contributed by atoms with Gasteiger partial charge >= 0.3 is 0 Å². The van der Waals surface area contributed by atoms with E-state index in [1.165, 1.54) is 17.1 Å². The van der Waals surface area contributed by atoms with Gasteiger partial charge in [0.15, 0.2) is 10.8 Å². The molecule has 0 aromatic carbocycles. The molecule has 8 heteroatoms. The SMILES string of the molecule is CCCc1cc(S(=O)(=O)Cl)n(-c2cc(C)ncn2)n1. The first-order valence-electron chi connectivity index (χ1n) is 5.74. The highest BCUT2D eigenvalue weighted by Gasteiger charge is 2.21. The zero-order valence-electron chi connectivity index (χ0n) is 10.5. The Labute approximate surface area is 115 Å². The van der Waals surface area contributed by atoms with E-state index < -0.39 is 9.05 Å². The summed E-state index contributed by atoms with van der Waals surface area (Å²) in [6, 6.07) is 3.12. The molecule has 0 aliphatic carbocycles. The van der Waals surface area contributed by atoms with Crippen LogP contribution < -0.4 is 0 Å². The highest BCUT2D eigenvalue weighted by molar-refractivity contribution is 8.13. The third kappa shape index (κ3) is 3.10. The highest BCUT2D eigenvalue weighted by Crippen LogP contribution is 2.20. The van der Waals surface area contributed by atoms with Gasteiger partial charge in [-0.05, 0) is 13.3 Å². The van der Waals surface area contributed by atoms with Crippen molar-refractivity contribution in [2.24, 2.45) is 0 Å². The minimum absolute atomic E-state index is 0.0734. The molecule has 0 unspecified atom stereocenters. The van der Waals surface area contributed by atoms with Crippen molar-refractivity contribution < 1.29 is 8.42 Å². The zero-order valence-corrected chi connectivity index (χ0v) is 12.1. The molecule has 0 amide bonds. The predicted molar refractivity (Wildman–Crippen MR) is 70.9 cm³/mol. The lowest BCUT2D eigenvalue weighted by Crippen LogP contribution is -2.07.